The molecule has 2 fully saturated rings. The van der Waals surface area contributed by atoms with E-state index in [2.05, 4.69) is 18.8 Å². The molecular formula is C25H34N2O4S. The van der Waals surface area contributed by atoms with Crippen LogP contribution in [0.15, 0.2) is 6.07 Å². The number of piperidine rings is 1. The van der Waals surface area contributed by atoms with Crippen molar-refractivity contribution in [3.05, 3.63) is 15.8 Å². The van der Waals surface area contributed by atoms with Crippen LogP contribution in [0, 0.1) is 29.6 Å². The lowest BCUT2D eigenvalue weighted by atomic mass is 9.82. The van der Waals surface area contributed by atoms with Crippen molar-refractivity contribution >= 4 is 34.8 Å². The smallest absolute Gasteiger partial charge is 0.348 e. The molecule has 1 N–H and O–H groups in total. The Balaban J connectivity index is 1.94. The molecule has 1 aliphatic heterocycles. The Hall–Kier alpha value is -2.33. The van der Waals surface area contributed by atoms with Gasteiger partial charge in [0.2, 0.25) is 11.8 Å². The van der Waals surface area contributed by atoms with Gasteiger partial charge in [-0.3, -0.25) is 9.59 Å². The highest BCUT2D eigenvalue weighted by Crippen LogP contribution is 2.35. The average Bonchev–Trinajstić information content (AvgIpc) is 3.21. The number of carboxylic acid groups (broad SMARTS) is 1. The number of carbonyl (C=O) groups is 3. The van der Waals surface area contributed by atoms with Gasteiger partial charge in [0, 0.05) is 24.9 Å². The number of carbonyl (C=O) groups excluding carboxylic acids is 2. The molecule has 0 radical (unpaired) electrons. The first-order chi connectivity index (χ1) is 15.3. The summed E-state index contributed by atoms with van der Waals surface area (Å²) in [7, 11) is 0. The second-order valence-corrected chi connectivity index (χ2v) is 10.4. The van der Waals surface area contributed by atoms with Gasteiger partial charge in [0.1, 0.15) is 11.4 Å². The van der Waals surface area contributed by atoms with Crippen molar-refractivity contribution in [3.63, 3.8) is 0 Å². The highest BCUT2D eigenvalue weighted by molar-refractivity contribution is 7.15. The largest absolute Gasteiger partial charge is 0.477 e. The monoisotopic (exact) mass is 458 g/mol. The van der Waals surface area contributed by atoms with Crippen LogP contribution in [-0.2, 0) is 9.59 Å². The van der Waals surface area contributed by atoms with E-state index in [1.54, 1.807) is 11.0 Å². The maximum Gasteiger partial charge on any atom is 0.348 e. The van der Waals surface area contributed by atoms with E-state index in [1.165, 1.54) is 4.90 Å². The van der Waals surface area contributed by atoms with Crippen LogP contribution in [0.5, 0.6) is 0 Å². The molecule has 2 amide bonds. The number of nitrogens with zero attached hydrogens (tertiary/aromatic N) is 2. The number of likely N-dealkylation sites (tertiary alicyclic amines) is 1. The first kappa shape index (κ1) is 24.3. The van der Waals surface area contributed by atoms with Crippen molar-refractivity contribution in [2.75, 3.05) is 24.5 Å². The van der Waals surface area contributed by atoms with Gasteiger partial charge in [0.05, 0.1) is 10.6 Å². The number of carboxylic acids is 1. The maximum atomic E-state index is 13.6. The Labute approximate surface area is 195 Å². The molecule has 32 heavy (non-hydrogen) atoms. The van der Waals surface area contributed by atoms with Crippen molar-refractivity contribution in [1.29, 1.82) is 0 Å². The molecule has 3 rings (SSSR count). The van der Waals surface area contributed by atoms with E-state index in [0.29, 0.717) is 29.6 Å². The molecule has 174 valence electrons. The van der Waals surface area contributed by atoms with Gasteiger partial charge in [0.15, 0.2) is 0 Å². The third-order valence-corrected chi connectivity index (χ3v) is 7.34. The van der Waals surface area contributed by atoms with Crippen molar-refractivity contribution in [3.8, 4) is 11.8 Å². The van der Waals surface area contributed by atoms with Crippen molar-refractivity contribution in [2.24, 2.45) is 17.8 Å². The van der Waals surface area contributed by atoms with Gasteiger partial charge in [-0.05, 0) is 56.9 Å². The fraction of sp³-hybridized carbons (Fsp3) is 0.640. The molecule has 1 aromatic heterocycles. The van der Waals surface area contributed by atoms with Crippen LogP contribution in [0.25, 0.3) is 0 Å². The second-order valence-electron chi connectivity index (χ2n) is 9.38. The molecule has 1 saturated carbocycles. The van der Waals surface area contributed by atoms with E-state index < -0.39 is 5.97 Å². The van der Waals surface area contributed by atoms with Crippen molar-refractivity contribution in [2.45, 2.75) is 65.7 Å². The Morgan fingerprint density at radius 3 is 2.41 bits per heavy atom. The second kappa shape index (κ2) is 11.0. The SMILES string of the molecule is CC(C)C#Cc1cc(N(CC(=O)N2CCCCC2)C(=O)C2CCC(C)CC2)c(C(=O)O)s1. The van der Waals surface area contributed by atoms with Crippen LogP contribution in [0.4, 0.5) is 5.69 Å². The summed E-state index contributed by atoms with van der Waals surface area (Å²) in [5.41, 5.74) is 0.310. The molecule has 0 atom stereocenters. The van der Waals surface area contributed by atoms with Crippen molar-refractivity contribution in [1.82, 2.24) is 4.90 Å². The van der Waals surface area contributed by atoms with E-state index in [1.807, 2.05) is 13.8 Å². The molecule has 2 aliphatic rings. The summed E-state index contributed by atoms with van der Waals surface area (Å²) >= 11 is 1.07. The standard InChI is InChI=1S/C25H34N2O4S/c1-17(2)7-12-20-15-21(23(32-20)25(30)31)27(16-22(28)26-13-5-4-6-14-26)24(29)19-10-8-18(3)9-11-19/h15,17-19H,4-6,8-11,13-14,16H2,1-3H3,(H,30,31). The van der Waals surface area contributed by atoms with Crippen LogP contribution in [0.2, 0.25) is 0 Å². The zero-order chi connectivity index (χ0) is 23.3. The van der Waals surface area contributed by atoms with Crippen LogP contribution in [-0.4, -0.2) is 47.4 Å². The molecule has 1 saturated heterocycles. The maximum absolute atomic E-state index is 13.6. The van der Waals surface area contributed by atoms with E-state index >= 15 is 0 Å². The minimum atomic E-state index is -1.09. The number of anilines is 1. The lowest BCUT2D eigenvalue weighted by Crippen LogP contribution is -2.47. The summed E-state index contributed by atoms with van der Waals surface area (Å²) in [4.78, 5) is 42.6. The van der Waals surface area contributed by atoms with E-state index in [9.17, 15) is 19.5 Å². The first-order valence-corrected chi connectivity index (χ1v) is 12.6. The van der Waals surface area contributed by atoms with Crippen LogP contribution >= 0.6 is 11.3 Å². The Bertz CT molecular complexity index is 897. The van der Waals surface area contributed by atoms with Crippen LogP contribution < -0.4 is 4.90 Å². The lowest BCUT2D eigenvalue weighted by Gasteiger charge is -2.33. The highest BCUT2D eigenvalue weighted by Gasteiger charge is 2.34. The molecule has 0 bridgehead atoms. The fourth-order valence-electron chi connectivity index (χ4n) is 4.40. The zero-order valence-corrected chi connectivity index (χ0v) is 20.2. The molecular weight excluding hydrogens is 424 g/mol. The minimum absolute atomic E-state index is 0.0713. The average molecular weight is 459 g/mol. The van der Waals surface area contributed by atoms with Gasteiger partial charge >= 0.3 is 5.97 Å². The van der Waals surface area contributed by atoms with Gasteiger partial charge < -0.3 is 14.9 Å². The summed E-state index contributed by atoms with van der Waals surface area (Å²) < 4.78 is 0. The number of thiophene rings is 1. The summed E-state index contributed by atoms with van der Waals surface area (Å²) in [6.07, 6.45) is 6.55. The predicted octanol–water partition coefficient (Wildman–Crippen LogP) is 4.63. The quantitative estimate of drug-likeness (QED) is 0.653. The first-order valence-electron chi connectivity index (χ1n) is 11.7. The lowest BCUT2D eigenvalue weighted by molar-refractivity contribution is -0.133. The minimum Gasteiger partial charge on any atom is -0.477 e. The highest BCUT2D eigenvalue weighted by atomic mass is 32.1. The van der Waals surface area contributed by atoms with E-state index in [4.69, 9.17) is 0 Å². The molecule has 0 spiro atoms. The Morgan fingerprint density at radius 1 is 1.16 bits per heavy atom. The Kier molecular flexibility index (Phi) is 8.36. The van der Waals surface area contributed by atoms with Gasteiger partial charge in [-0.1, -0.05) is 32.6 Å². The van der Waals surface area contributed by atoms with Gasteiger partial charge in [-0.2, -0.15) is 0 Å². The molecule has 6 nitrogen and oxygen atoms in total. The summed E-state index contributed by atoms with van der Waals surface area (Å²) in [6.45, 7) is 7.41. The Morgan fingerprint density at radius 2 is 1.81 bits per heavy atom. The summed E-state index contributed by atoms with van der Waals surface area (Å²) in [5, 5.41) is 9.84. The fourth-order valence-corrected chi connectivity index (χ4v) is 5.26. The third kappa shape index (κ3) is 6.13. The number of hydrogen-bond donors (Lipinski definition) is 1. The number of hydrogen-bond acceptors (Lipinski definition) is 4. The molecule has 2 heterocycles. The van der Waals surface area contributed by atoms with Crippen LogP contribution in [0.1, 0.15) is 80.3 Å². The van der Waals surface area contributed by atoms with Gasteiger partial charge in [-0.25, -0.2) is 4.79 Å². The van der Waals surface area contributed by atoms with Crippen LogP contribution in [0.3, 0.4) is 0 Å². The summed E-state index contributed by atoms with van der Waals surface area (Å²) in [6, 6.07) is 1.68. The molecule has 7 heteroatoms. The van der Waals surface area contributed by atoms with E-state index in [-0.39, 0.29) is 35.1 Å². The van der Waals surface area contributed by atoms with Gasteiger partial charge in [0.25, 0.3) is 0 Å². The van der Waals surface area contributed by atoms with Crippen molar-refractivity contribution < 1.29 is 19.5 Å². The predicted molar refractivity (Wildman–Crippen MR) is 127 cm³/mol. The molecule has 0 unspecified atom stereocenters. The zero-order valence-electron chi connectivity index (χ0n) is 19.4. The third-order valence-electron chi connectivity index (χ3n) is 6.31. The normalized spacial score (nSPS) is 21.1. The number of amides is 2. The topological polar surface area (TPSA) is 77.9 Å². The number of aromatic carboxylic acids is 1. The number of rotatable bonds is 5. The molecule has 1 aromatic rings. The molecule has 0 aromatic carbocycles. The molecule has 1 aliphatic carbocycles. The van der Waals surface area contributed by atoms with Gasteiger partial charge in [-0.15, -0.1) is 11.3 Å². The summed E-state index contributed by atoms with van der Waals surface area (Å²) in [5.74, 6) is 5.32. The van der Waals surface area contributed by atoms with E-state index in [0.717, 1.165) is 56.3 Å².